The first-order valence-corrected chi connectivity index (χ1v) is 7.42. The monoisotopic (exact) mass is 300 g/mol. The quantitative estimate of drug-likeness (QED) is 0.876. The summed E-state index contributed by atoms with van der Waals surface area (Å²) in [4.78, 5) is 12.7. The van der Waals surface area contributed by atoms with Crippen LogP contribution in [0.5, 0.6) is 0 Å². The molecule has 0 bridgehead atoms. The summed E-state index contributed by atoms with van der Waals surface area (Å²) in [6.07, 6.45) is 5.77. The molecule has 3 N–H and O–H groups in total. The Labute approximate surface area is 125 Å². The summed E-state index contributed by atoms with van der Waals surface area (Å²) in [6.45, 7) is 0.390. The van der Waals surface area contributed by atoms with Crippen LogP contribution in [-0.2, 0) is 4.79 Å². The summed E-state index contributed by atoms with van der Waals surface area (Å²) in [7, 11) is 0. The molecule has 1 fully saturated rings. The molecule has 1 aromatic rings. The zero-order valence-electron chi connectivity index (χ0n) is 10.9. The minimum absolute atomic E-state index is 0. The van der Waals surface area contributed by atoms with Gasteiger partial charge in [-0.25, -0.2) is 0 Å². The molecular weight excluding hydrogens is 280 g/mol. The van der Waals surface area contributed by atoms with Gasteiger partial charge in [0.05, 0.1) is 0 Å². The van der Waals surface area contributed by atoms with Crippen LogP contribution in [0.1, 0.15) is 32.1 Å². The number of nitrogens with one attached hydrogen (secondary N) is 1. The first-order chi connectivity index (χ1) is 8.78. The van der Waals surface area contributed by atoms with E-state index in [4.69, 9.17) is 5.73 Å². The van der Waals surface area contributed by atoms with E-state index in [2.05, 4.69) is 17.4 Å². The summed E-state index contributed by atoms with van der Waals surface area (Å²) in [5, 5.41) is 3.62. The van der Waals surface area contributed by atoms with Gasteiger partial charge in [-0.2, -0.15) is 0 Å². The second-order valence-corrected chi connectivity index (χ2v) is 6.01. The number of anilines is 1. The standard InChI is InChI=1S/C14H20N2OS.ClH/c15-10-9-14(17)16-11-5-7-13(8-6-11)18-12-3-1-2-4-12;/h5-8,12H,1-4,9-10,15H2,(H,16,17);1H. The zero-order chi connectivity index (χ0) is 12.8. The fourth-order valence-electron chi connectivity index (χ4n) is 2.17. The maximum absolute atomic E-state index is 11.4. The van der Waals surface area contributed by atoms with E-state index in [1.165, 1.54) is 30.6 Å². The van der Waals surface area contributed by atoms with Crippen LogP contribution in [0.4, 0.5) is 5.69 Å². The largest absolute Gasteiger partial charge is 0.330 e. The molecule has 2 rings (SSSR count). The van der Waals surface area contributed by atoms with E-state index >= 15 is 0 Å². The van der Waals surface area contributed by atoms with E-state index in [9.17, 15) is 4.79 Å². The van der Waals surface area contributed by atoms with Crippen LogP contribution in [0.2, 0.25) is 0 Å². The van der Waals surface area contributed by atoms with E-state index in [0.29, 0.717) is 13.0 Å². The Morgan fingerprint density at radius 1 is 1.26 bits per heavy atom. The molecule has 0 spiro atoms. The van der Waals surface area contributed by atoms with Crippen LogP contribution in [0.15, 0.2) is 29.2 Å². The predicted octanol–water partition coefficient (Wildman–Crippen LogP) is 3.43. The minimum atomic E-state index is -0.0197. The number of rotatable bonds is 5. The Hall–Kier alpha value is -0.710. The highest BCUT2D eigenvalue weighted by Gasteiger charge is 2.15. The molecule has 106 valence electrons. The van der Waals surface area contributed by atoms with Gasteiger partial charge in [-0.05, 0) is 37.1 Å². The van der Waals surface area contributed by atoms with Crippen molar-refractivity contribution in [2.24, 2.45) is 5.73 Å². The second-order valence-electron chi connectivity index (χ2n) is 4.64. The average Bonchev–Trinajstić information content (AvgIpc) is 2.85. The molecular formula is C14H21ClN2OS. The van der Waals surface area contributed by atoms with Gasteiger partial charge in [0.2, 0.25) is 5.91 Å². The molecule has 0 aliphatic heterocycles. The lowest BCUT2D eigenvalue weighted by Crippen LogP contribution is -2.16. The maximum Gasteiger partial charge on any atom is 0.225 e. The van der Waals surface area contributed by atoms with Crippen molar-refractivity contribution in [3.05, 3.63) is 24.3 Å². The number of amides is 1. The lowest BCUT2D eigenvalue weighted by molar-refractivity contribution is -0.116. The Morgan fingerprint density at radius 2 is 1.89 bits per heavy atom. The Kier molecular flexibility index (Phi) is 7.28. The highest BCUT2D eigenvalue weighted by molar-refractivity contribution is 8.00. The SMILES string of the molecule is Cl.NCCC(=O)Nc1ccc(SC2CCCC2)cc1. The third-order valence-electron chi connectivity index (χ3n) is 3.11. The zero-order valence-corrected chi connectivity index (χ0v) is 12.6. The molecule has 1 amide bonds. The van der Waals surface area contributed by atoms with Crippen molar-refractivity contribution in [1.29, 1.82) is 0 Å². The molecule has 1 aromatic carbocycles. The molecule has 5 heteroatoms. The van der Waals surface area contributed by atoms with Crippen LogP contribution in [0.3, 0.4) is 0 Å². The van der Waals surface area contributed by atoms with Crippen LogP contribution >= 0.6 is 24.2 Å². The van der Waals surface area contributed by atoms with E-state index in [-0.39, 0.29) is 18.3 Å². The molecule has 0 saturated heterocycles. The molecule has 1 saturated carbocycles. The third-order valence-corrected chi connectivity index (χ3v) is 4.46. The molecule has 1 aliphatic carbocycles. The van der Waals surface area contributed by atoms with Crippen molar-refractivity contribution in [3.63, 3.8) is 0 Å². The van der Waals surface area contributed by atoms with Crippen molar-refractivity contribution in [2.75, 3.05) is 11.9 Å². The van der Waals surface area contributed by atoms with Gasteiger partial charge < -0.3 is 11.1 Å². The average molecular weight is 301 g/mol. The molecule has 0 heterocycles. The van der Waals surface area contributed by atoms with Gasteiger partial charge in [0.15, 0.2) is 0 Å². The van der Waals surface area contributed by atoms with E-state index < -0.39 is 0 Å². The van der Waals surface area contributed by atoms with Crippen LogP contribution in [0, 0.1) is 0 Å². The van der Waals surface area contributed by atoms with Gasteiger partial charge in [0, 0.05) is 28.8 Å². The van der Waals surface area contributed by atoms with Crippen LogP contribution < -0.4 is 11.1 Å². The molecule has 0 atom stereocenters. The maximum atomic E-state index is 11.4. The molecule has 3 nitrogen and oxygen atoms in total. The van der Waals surface area contributed by atoms with Crippen molar-refractivity contribution >= 4 is 35.8 Å². The smallest absolute Gasteiger partial charge is 0.225 e. The van der Waals surface area contributed by atoms with Gasteiger partial charge in [0.25, 0.3) is 0 Å². The van der Waals surface area contributed by atoms with Crippen molar-refractivity contribution < 1.29 is 4.79 Å². The summed E-state index contributed by atoms with van der Waals surface area (Å²) < 4.78 is 0. The number of hydrogen-bond acceptors (Lipinski definition) is 3. The van der Waals surface area contributed by atoms with Gasteiger partial charge in [-0.1, -0.05) is 12.8 Å². The van der Waals surface area contributed by atoms with Gasteiger partial charge in [-0.3, -0.25) is 4.79 Å². The topological polar surface area (TPSA) is 55.1 Å². The normalized spacial score (nSPS) is 15.0. The van der Waals surface area contributed by atoms with E-state index in [1.54, 1.807) is 0 Å². The number of carbonyl (C=O) groups excluding carboxylic acids is 1. The van der Waals surface area contributed by atoms with E-state index in [0.717, 1.165) is 10.9 Å². The summed E-state index contributed by atoms with van der Waals surface area (Å²) in [6, 6.07) is 8.10. The highest BCUT2D eigenvalue weighted by Crippen LogP contribution is 2.34. The first-order valence-electron chi connectivity index (χ1n) is 6.54. The summed E-state index contributed by atoms with van der Waals surface area (Å²) in [5.74, 6) is -0.0197. The molecule has 1 aliphatic rings. The van der Waals surface area contributed by atoms with Crippen molar-refractivity contribution in [2.45, 2.75) is 42.2 Å². The van der Waals surface area contributed by atoms with E-state index in [1.807, 2.05) is 23.9 Å². The third kappa shape index (κ3) is 5.43. The molecule has 0 aromatic heterocycles. The van der Waals surface area contributed by atoms with Crippen LogP contribution in [-0.4, -0.2) is 17.7 Å². The lowest BCUT2D eigenvalue weighted by atomic mass is 10.3. The molecule has 0 radical (unpaired) electrons. The van der Waals surface area contributed by atoms with Gasteiger partial charge in [0.1, 0.15) is 0 Å². The number of thioether (sulfide) groups is 1. The summed E-state index contributed by atoms with van der Waals surface area (Å²) in [5.41, 5.74) is 6.19. The Balaban J connectivity index is 0.00000180. The first kappa shape index (κ1) is 16.3. The number of benzene rings is 1. The molecule has 19 heavy (non-hydrogen) atoms. The number of halogens is 1. The number of hydrogen-bond donors (Lipinski definition) is 2. The lowest BCUT2D eigenvalue weighted by Gasteiger charge is -2.09. The van der Waals surface area contributed by atoms with Gasteiger partial charge >= 0.3 is 0 Å². The van der Waals surface area contributed by atoms with Gasteiger partial charge in [-0.15, -0.1) is 24.2 Å². The van der Waals surface area contributed by atoms with Crippen molar-refractivity contribution in [3.8, 4) is 0 Å². The highest BCUT2D eigenvalue weighted by atomic mass is 35.5. The number of nitrogens with two attached hydrogens (primary N) is 1. The Morgan fingerprint density at radius 3 is 2.47 bits per heavy atom. The minimum Gasteiger partial charge on any atom is -0.330 e. The number of carbonyl (C=O) groups is 1. The fraction of sp³-hybridized carbons (Fsp3) is 0.500. The predicted molar refractivity (Wildman–Crippen MR) is 84.1 cm³/mol. The Bertz CT molecular complexity index is 391. The van der Waals surface area contributed by atoms with Crippen molar-refractivity contribution in [1.82, 2.24) is 0 Å². The summed E-state index contributed by atoms with van der Waals surface area (Å²) >= 11 is 1.96. The van der Waals surface area contributed by atoms with Crippen LogP contribution in [0.25, 0.3) is 0 Å². The fourth-order valence-corrected chi connectivity index (χ4v) is 3.42. The second kappa shape index (κ2) is 8.46. The molecule has 0 unspecified atom stereocenters.